The fourth-order valence-electron chi connectivity index (χ4n) is 3.76. The number of aliphatic hydroxyl groups excluding tert-OH is 1. The van der Waals surface area contributed by atoms with Crippen LogP contribution in [0.2, 0.25) is 0 Å². The highest BCUT2D eigenvalue weighted by atomic mass is 16.3. The normalized spacial score (nSPS) is 28.5. The number of benzene rings is 1. The third-order valence-corrected chi connectivity index (χ3v) is 4.94. The molecule has 0 saturated heterocycles. The zero-order valence-electron chi connectivity index (χ0n) is 12.2. The lowest BCUT2D eigenvalue weighted by atomic mass is 10.0. The van der Waals surface area contributed by atoms with Crippen molar-refractivity contribution >= 4 is 5.91 Å². The van der Waals surface area contributed by atoms with Gasteiger partial charge in [0.15, 0.2) is 0 Å². The molecule has 0 bridgehead atoms. The number of hydrogen-bond donors (Lipinski definition) is 3. The van der Waals surface area contributed by atoms with E-state index in [-0.39, 0.29) is 30.2 Å². The van der Waals surface area contributed by atoms with Crippen LogP contribution in [0.3, 0.4) is 0 Å². The lowest BCUT2D eigenvalue weighted by molar-refractivity contribution is -0.123. The average molecular weight is 289 g/mol. The number of aromatic hydroxyl groups is 1. The number of fused-ring (bicyclic) bond motifs is 1. The molecule has 2 unspecified atom stereocenters. The van der Waals surface area contributed by atoms with Crippen LogP contribution in [-0.4, -0.2) is 28.8 Å². The third-order valence-electron chi connectivity index (χ3n) is 4.94. The first-order valence-corrected chi connectivity index (χ1v) is 7.88. The van der Waals surface area contributed by atoms with Gasteiger partial charge in [0.05, 0.1) is 12.6 Å². The molecule has 2 saturated carbocycles. The topological polar surface area (TPSA) is 69.6 Å². The number of carbonyl (C=O) groups is 1. The summed E-state index contributed by atoms with van der Waals surface area (Å²) in [5, 5.41) is 21.8. The van der Waals surface area contributed by atoms with Crippen molar-refractivity contribution in [1.29, 1.82) is 0 Å². The predicted molar refractivity (Wildman–Crippen MR) is 79.8 cm³/mol. The van der Waals surface area contributed by atoms with Gasteiger partial charge in [0.1, 0.15) is 5.75 Å². The SMILES string of the molecule is O=C(N[C@H](CO)Cc1ccc(O)cc1)C1C2CCCCC21. The lowest BCUT2D eigenvalue weighted by Gasteiger charge is -2.16. The molecule has 4 nitrogen and oxygen atoms in total. The molecule has 2 aliphatic rings. The number of amides is 1. The van der Waals surface area contributed by atoms with Crippen molar-refractivity contribution in [1.82, 2.24) is 5.32 Å². The molecule has 1 amide bonds. The van der Waals surface area contributed by atoms with Crippen LogP contribution in [0.5, 0.6) is 5.75 Å². The third kappa shape index (κ3) is 3.21. The molecule has 0 heterocycles. The molecule has 1 aromatic rings. The Hall–Kier alpha value is -1.55. The molecule has 3 N–H and O–H groups in total. The fraction of sp³-hybridized carbons (Fsp3) is 0.588. The zero-order valence-corrected chi connectivity index (χ0v) is 12.2. The molecule has 0 radical (unpaired) electrons. The van der Waals surface area contributed by atoms with Crippen LogP contribution in [0.1, 0.15) is 31.2 Å². The maximum atomic E-state index is 12.3. The highest BCUT2D eigenvalue weighted by molar-refractivity contribution is 5.82. The smallest absolute Gasteiger partial charge is 0.223 e. The number of nitrogens with one attached hydrogen (secondary N) is 1. The van der Waals surface area contributed by atoms with Gasteiger partial charge in [-0.1, -0.05) is 25.0 Å². The molecule has 0 aromatic heterocycles. The van der Waals surface area contributed by atoms with Crippen molar-refractivity contribution in [3.8, 4) is 5.75 Å². The van der Waals surface area contributed by atoms with E-state index >= 15 is 0 Å². The standard InChI is InChI=1S/C17H23NO3/c19-10-12(9-11-5-7-13(20)8-6-11)18-17(21)16-14-3-1-2-4-15(14)16/h5-8,12,14-16,19-20H,1-4,9-10H2,(H,18,21)/t12-,14?,15?,16?/m0/s1. The van der Waals surface area contributed by atoms with E-state index in [4.69, 9.17) is 0 Å². The summed E-state index contributed by atoms with van der Waals surface area (Å²) in [6, 6.07) is 6.65. The Labute approximate surface area is 125 Å². The van der Waals surface area contributed by atoms with E-state index in [0.717, 1.165) is 5.56 Å². The minimum absolute atomic E-state index is 0.0608. The van der Waals surface area contributed by atoms with Crippen molar-refractivity contribution < 1.29 is 15.0 Å². The van der Waals surface area contributed by atoms with E-state index in [9.17, 15) is 15.0 Å². The second-order valence-electron chi connectivity index (χ2n) is 6.40. The second kappa shape index (κ2) is 6.06. The van der Waals surface area contributed by atoms with E-state index in [1.54, 1.807) is 12.1 Å². The maximum Gasteiger partial charge on any atom is 0.223 e. The average Bonchev–Trinajstić information content (AvgIpc) is 3.23. The van der Waals surface area contributed by atoms with Crippen molar-refractivity contribution in [3.05, 3.63) is 29.8 Å². The first-order valence-electron chi connectivity index (χ1n) is 7.88. The highest BCUT2D eigenvalue weighted by Crippen LogP contribution is 2.55. The molecule has 3 atom stereocenters. The molecular formula is C17H23NO3. The number of rotatable bonds is 5. The van der Waals surface area contributed by atoms with Gasteiger partial charge in [-0.2, -0.15) is 0 Å². The summed E-state index contributed by atoms with van der Waals surface area (Å²) in [5.74, 6) is 1.70. The summed E-state index contributed by atoms with van der Waals surface area (Å²) in [6.45, 7) is -0.0608. The number of carbonyl (C=O) groups excluding carboxylic acids is 1. The largest absolute Gasteiger partial charge is 0.508 e. The molecule has 114 valence electrons. The monoisotopic (exact) mass is 289 g/mol. The Bertz CT molecular complexity index is 487. The van der Waals surface area contributed by atoms with Gasteiger partial charge in [0, 0.05) is 5.92 Å². The van der Waals surface area contributed by atoms with E-state index in [0.29, 0.717) is 18.3 Å². The van der Waals surface area contributed by atoms with Crippen molar-refractivity contribution in [2.24, 2.45) is 17.8 Å². The Morgan fingerprint density at radius 1 is 1.19 bits per heavy atom. The van der Waals surface area contributed by atoms with Gasteiger partial charge in [-0.05, 0) is 48.8 Å². The van der Waals surface area contributed by atoms with Crippen LogP contribution in [-0.2, 0) is 11.2 Å². The molecule has 0 aliphatic heterocycles. The van der Waals surface area contributed by atoms with Gasteiger partial charge < -0.3 is 15.5 Å². The van der Waals surface area contributed by atoms with Crippen LogP contribution in [0.25, 0.3) is 0 Å². The molecule has 3 rings (SSSR count). The van der Waals surface area contributed by atoms with Crippen LogP contribution < -0.4 is 5.32 Å². The van der Waals surface area contributed by atoms with Gasteiger partial charge in [-0.3, -0.25) is 4.79 Å². The summed E-state index contributed by atoms with van der Waals surface area (Å²) < 4.78 is 0. The Balaban J connectivity index is 1.54. The summed E-state index contributed by atoms with van der Waals surface area (Å²) in [4.78, 5) is 12.3. The number of phenolic OH excluding ortho intramolecular Hbond substituents is 1. The molecule has 2 fully saturated rings. The highest BCUT2D eigenvalue weighted by Gasteiger charge is 2.54. The van der Waals surface area contributed by atoms with Crippen molar-refractivity contribution in [2.45, 2.75) is 38.1 Å². The van der Waals surface area contributed by atoms with Gasteiger partial charge in [0.25, 0.3) is 0 Å². The van der Waals surface area contributed by atoms with Crippen molar-refractivity contribution in [3.63, 3.8) is 0 Å². The summed E-state index contributed by atoms with van der Waals surface area (Å²) in [5.41, 5.74) is 1.00. The van der Waals surface area contributed by atoms with Crippen LogP contribution >= 0.6 is 0 Å². The summed E-state index contributed by atoms with van der Waals surface area (Å²) in [6.07, 6.45) is 5.46. The summed E-state index contributed by atoms with van der Waals surface area (Å²) >= 11 is 0. The van der Waals surface area contributed by atoms with E-state index in [1.807, 2.05) is 12.1 Å². The first kappa shape index (κ1) is 14.4. The maximum absolute atomic E-state index is 12.3. The number of hydrogen-bond acceptors (Lipinski definition) is 3. The number of phenols is 1. The van der Waals surface area contributed by atoms with Gasteiger partial charge in [0.2, 0.25) is 5.91 Å². The fourth-order valence-corrected chi connectivity index (χ4v) is 3.76. The summed E-state index contributed by atoms with van der Waals surface area (Å²) in [7, 11) is 0. The minimum atomic E-state index is -0.246. The van der Waals surface area contributed by atoms with Gasteiger partial charge in [-0.15, -0.1) is 0 Å². The van der Waals surface area contributed by atoms with Gasteiger partial charge in [-0.25, -0.2) is 0 Å². The number of aliphatic hydroxyl groups is 1. The Kier molecular flexibility index (Phi) is 4.15. The zero-order chi connectivity index (χ0) is 14.8. The van der Waals surface area contributed by atoms with E-state index in [1.165, 1.54) is 25.7 Å². The van der Waals surface area contributed by atoms with Crippen LogP contribution in [0, 0.1) is 17.8 Å². The lowest BCUT2D eigenvalue weighted by Crippen LogP contribution is -2.40. The van der Waals surface area contributed by atoms with E-state index < -0.39 is 0 Å². The first-order chi connectivity index (χ1) is 10.2. The Morgan fingerprint density at radius 2 is 1.81 bits per heavy atom. The quantitative estimate of drug-likeness (QED) is 0.775. The Morgan fingerprint density at radius 3 is 2.38 bits per heavy atom. The van der Waals surface area contributed by atoms with E-state index in [2.05, 4.69) is 5.32 Å². The predicted octanol–water partition coefficient (Wildman–Crippen LogP) is 1.85. The molecule has 21 heavy (non-hydrogen) atoms. The molecule has 4 heteroatoms. The van der Waals surface area contributed by atoms with Crippen LogP contribution in [0.15, 0.2) is 24.3 Å². The van der Waals surface area contributed by atoms with Crippen LogP contribution in [0.4, 0.5) is 0 Å². The molecule has 2 aliphatic carbocycles. The molecular weight excluding hydrogens is 266 g/mol. The second-order valence-corrected chi connectivity index (χ2v) is 6.40. The van der Waals surface area contributed by atoms with Gasteiger partial charge >= 0.3 is 0 Å². The van der Waals surface area contributed by atoms with Crippen molar-refractivity contribution in [2.75, 3.05) is 6.61 Å². The minimum Gasteiger partial charge on any atom is -0.508 e. The molecule has 0 spiro atoms. The molecule has 1 aromatic carbocycles.